The Hall–Kier alpha value is -2.78. The monoisotopic (exact) mass is 728 g/mol. The highest BCUT2D eigenvalue weighted by molar-refractivity contribution is 9.11. The van der Waals surface area contributed by atoms with Gasteiger partial charge in [-0.05, 0) is 44.0 Å². The van der Waals surface area contributed by atoms with Crippen molar-refractivity contribution in [2.45, 2.75) is 20.3 Å². The first kappa shape index (κ1) is 27.8. The predicted molar refractivity (Wildman–Crippen MR) is 133 cm³/mol. The van der Waals surface area contributed by atoms with Crippen LogP contribution in [0.3, 0.4) is 0 Å². The topological polar surface area (TPSA) is 239 Å². The van der Waals surface area contributed by atoms with Gasteiger partial charge in [-0.2, -0.15) is 25.3 Å². The van der Waals surface area contributed by atoms with Gasteiger partial charge in [0.1, 0.15) is 15.1 Å². The van der Waals surface area contributed by atoms with Crippen LogP contribution in [0.25, 0.3) is 0 Å². The van der Waals surface area contributed by atoms with Gasteiger partial charge >= 0.3 is 16.1 Å². The molecule has 5 N–H and O–H groups in total. The molecule has 0 fully saturated rings. The minimum Gasteiger partial charge on any atom is -0.505 e. The van der Waals surface area contributed by atoms with E-state index in [2.05, 4.69) is 31.9 Å². The lowest BCUT2D eigenvalue weighted by molar-refractivity contribution is 0.0209. The van der Waals surface area contributed by atoms with E-state index in [-0.39, 0.29) is 25.6 Å². The van der Waals surface area contributed by atoms with Crippen molar-refractivity contribution in [2.75, 3.05) is 0 Å². The molecule has 19 heteroatoms. The van der Waals surface area contributed by atoms with Gasteiger partial charge in [0.2, 0.25) is 0 Å². The van der Waals surface area contributed by atoms with E-state index in [9.17, 15) is 53.9 Å². The number of hydrogen-bond donors (Lipinski definition) is 5. The molecule has 2 aliphatic heterocycles. The van der Waals surface area contributed by atoms with Gasteiger partial charge in [-0.1, -0.05) is 18.2 Å². The van der Waals surface area contributed by atoms with E-state index < -0.39 is 85.2 Å². The molecule has 2 aliphatic rings. The molecule has 0 saturated heterocycles. The number of fused-ring (bicyclic) bond motifs is 6. The number of benzene rings is 3. The van der Waals surface area contributed by atoms with Crippen molar-refractivity contribution in [3.05, 3.63) is 61.5 Å². The maximum atomic E-state index is 13.1. The normalized spacial score (nSPS) is 18.2. The van der Waals surface area contributed by atoms with Crippen molar-refractivity contribution in [1.82, 2.24) is 0 Å². The number of halogens is 2. The van der Waals surface area contributed by atoms with Crippen LogP contribution < -0.4 is 4.74 Å². The highest BCUT2D eigenvalue weighted by Gasteiger charge is 2.59. The Morgan fingerprint density at radius 1 is 0.744 bits per heavy atom. The van der Waals surface area contributed by atoms with E-state index in [4.69, 9.17) is 9.47 Å². The van der Waals surface area contributed by atoms with Gasteiger partial charge in [-0.15, -0.1) is 0 Å². The Morgan fingerprint density at radius 3 is 1.87 bits per heavy atom. The first-order valence-corrected chi connectivity index (χ1v) is 15.8. The number of carbonyl (C=O) groups is 1. The molecule has 1 atom stereocenters. The fourth-order valence-corrected chi connectivity index (χ4v) is 8.71. The largest absolute Gasteiger partial charge is 0.505 e. The molecule has 0 aliphatic carbocycles. The summed E-state index contributed by atoms with van der Waals surface area (Å²) in [4.78, 5) is 7.41. The molecule has 3 aromatic rings. The lowest BCUT2D eigenvalue weighted by atomic mass is 9.77. The molecule has 0 bridgehead atoms. The molecule has 0 aromatic heterocycles. The summed E-state index contributed by atoms with van der Waals surface area (Å²) in [6.45, 7) is 0. The molecular formula is C20H10Br2O14S3. The molecule has 5 rings (SSSR count). The van der Waals surface area contributed by atoms with Gasteiger partial charge in [0.15, 0.2) is 32.6 Å². The number of esters is 1. The standard InChI is InChI=1S/C20H10Br2O14S3/c21-9-5-8-14(11(22)12(9)23)35-15-10(20(8)7-4-2-1-3-6(7)19(25)36-20)16(37(26,27)28)18(39(32,33)34)13(24)17(15)38(29,30)31/h1-5,23-24H,(H,26,27,28)(H,29,30,31)(H,32,33,34). The van der Waals surface area contributed by atoms with Gasteiger partial charge in [-0.3, -0.25) is 13.7 Å². The van der Waals surface area contributed by atoms with Gasteiger partial charge in [0, 0.05) is 5.56 Å². The third-order valence-corrected chi connectivity index (χ3v) is 10.1. The molecule has 0 amide bonds. The smallest absolute Gasteiger partial charge is 0.340 e. The molecule has 2 heterocycles. The van der Waals surface area contributed by atoms with Crippen molar-refractivity contribution in [3.8, 4) is 23.0 Å². The van der Waals surface area contributed by atoms with Gasteiger partial charge < -0.3 is 19.7 Å². The van der Waals surface area contributed by atoms with E-state index in [1.165, 1.54) is 24.3 Å². The zero-order valence-corrected chi connectivity index (χ0v) is 23.9. The summed E-state index contributed by atoms with van der Waals surface area (Å²) >= 11 is 6.09. The minimum absolute atomic E-state index is 0.114. The molecule has 0 saturated carbocycles. The lowest BCUT2D eigenvalue weighted by Gasteiger charge is -2.39. The van der Waals surface area contributed by atoms with Crippen LogP contribution in [0.5, 0.6) is 23.0 Å². The first-order valence-electron chi connectivity index (χ1n) is 9.91. The SMILES string of the molecule is O=C1OC2(c3ccccc31)c1cc(Br)c(O)c(Br)c1Oc1c2c(S(=O)(=O)O)c(S(=O)(=O)O)c(O)c1S(=O)(=O)O. The average Bonchev–Trinajstić information content (AvgIpc) is 3.08. The maximum Gasteiger partial charge on any atom is 0.340 e. The molecule has 0 radical (unpaired) electrons. The van der Waals surface area contributed by atoms with E-state index in [1.807, 2.05) is 0 Å². The third kappa shape index (κ3) is 3.79. The lowest BCUT2D eigenvalue weighted by Crippen LogP contribution is -2.36. The van der Waals surface area contributed by atoms with Crippen molar-refractivity contribution in [2.24, 2.45) is 0 Å². The fraction of sp³-hybridized carbons (Fsp3) is 0.0500. The molecule has 1 spiro atoms. The van der Waals surface area contributed by atoms with Gasteiger partial charge in [0.05, 0.1) is 21.2 Å². The van der Waals surface area contributed by atoms with Crippen LogP contribution in [-0.2, 0) is 40.7 Å². The zero-order valence-electron chi connectivity index (χ0n) is 18.3. The number of phenols is 2. The number of hydrogen-bond acceptors (Lipinski definition) is 11. The Balaban J connectivity index is 2.21. The van der Waals surface area contributed by atoms with Crippen molar-refractivity contribution >= 4 is 68.2 Å². The molecular weight excluding hydrogens is 720 g/mol. The summed E-state index contributed by atoms with van der Waals surface area (Å²) in [7, 11) is -17.5. The zero-order chi connectivity index (χ0) is 29.0. The maximum absolute atomic E-state index is 13.1. The number of rotatable bonds is 3. The quantitative estimate of drug-likeness (QED) is 0.192. The predicted octanol–water partition coefficient (Wildman–Crippen LogP) is 2.93. The Kier molecular flexibility index (Phi) is 5.96. The van der Waals surface area contributed by atoms with Crippen molar-refractivity contribution in [3.63, 3.8) is 0 Å². The molecule has 206 valence electrons. The highest BCUT2D eigenvalue weighted by atomic mass is 79.9. The second-order valence-electron chi connectivity index (χ2n) is 8.08. The third-order valence-electron chi connectivity index (χ3n) is 5.93. The summed E-state index contributed by atoms with van der Waals surface area (Å²) in [5.74, 6) is -5.57. The first-order chi connectivity index (χ1) is 17.8. The van der Waals surface area contributed by atoms with E-state index in [0.717, 1.165) is 6.07 Å². The molecule has 39 heavy (non-hydrogen) atoms. The van der Waals surface area contributed by atoms with Crippen LogP contribution in [0.4, 0.5) is 0 Å². The second kappa shape index (κ2) is 8.36. The van der Waals surface area contributed by atoms with Crippen LogP contribution in [0, 0.1) is 0 Å². The van der Waals surface area contributed by atoms with Crippen molar-refractivity contribution in [1.29, 1.82) is 0 Å². The van der Waals surface area contributed by atoms with E-state index in [0.29, 0.717) is 0 Å². The Bertz CT molecular complexity index is 2000. The summed E-state index contributed by atoms with van der Waals surface area (Å²) in [5, 5.41) is 21.1. The van der Waals surface area contributed by atoms with Crippen LogP contribution in [-0.4, -0.2) is 55.1 Å². The summed E-state index contributed by atoms with van der Waals surface area (Å²) < 4.78 is 116. The van der Waals surface area contributed by atoms with E-state index >= 15 is 0 Å². The number of carbonyl (C=O) groups excluding carboxylic acids is 1. The Morgan fingerprint density at radius 2 is 1.31 bits per heavy atom. The number of phenolic OH excluding ortho intramolecular Hbond substituents is 2. The summed E-state index contributed by atoms with van der Waals surface area (Å²) in [5.41, 5.74) is -4.69. The molecule has 3 aromatic carbocycles. The van der Waals surface area contributed by atoms with Crippen LogP contribution in [0.2, 0.25) is 0 Å². The van der Waals surface area contributed by atoms with Crippen LogP contribution in [0.1, 0.15) is 27.0 Å². The highest BCUT2D eigenvalue weighted by Crippen LogP contribution is 2.64. The number of ether oxygens (including phenoxy) is 2. The second-order valence-corrected chi connectivity index (χ2v) is 13.8. The fourth-order valence-electron chi connectivity index (χ4n) is 4.58. The van der Waals surface area contributed by atoms with Gasteiger partial charge in [-0.25, -0.2) is 4.79 Å². The van der Waals surface area contributed by atoms with Gasteiger partial charge in [0.25, 0.3) is 20.2 Å². The Labute approximate surface area is 235 Å². The average molecular weight is 730 g/mol. The van der Waals surface area contributed by atoms with Crippen LogP contribution in [0.15, 0.2) is 54.0 Å². The minimum atomic E-state index is -5.92. The van der Waals surface area contributed by atoms with Crippen LogP contribution >= 0.6 is 31.9 Å². The molecule has 14 nitrogen and oxygen atoms in total. The molecule has 1 unspecified atom stereocenters. The number of aromatic hydroxyl groups is 2. The summed E-state index contributed by atoms with van der Waals surface area (Å²) in [6.07, 6.45) is 0. The van der Waals surface area contributed by atoms with Crippen molar-refractivity contribution < 1.29 is 63.4 Å². The summed E-state index contributed by atoms with van der Waals surface area (Å²) in [6, 6.07) is 6.25. The van der Waals surface area contributed by atoms with E-state index in [1.54, 1.807) is 0 Å².